The zero-order valence-corrected chi connectivity index (χ0v) is 22.9. The summed E-state index contributed by atoms with van der Waals surface area (Å²) in [6.07, 6.45) is 0. The first kappa shape index (κ1) is 27.5. The summed E-state index contributed by atoms with van der Waals surface area (Å²) in [4.78, 5) is 21.8. The molecule has 0 radical (unpaired) electrons. The van der Waals surface area contributed by atoms with Crippen molar-refractivity contribution < 1.29 is 17.6 Å². The Hall–Kier alpha value is -4.50. The standard InChI is InChI=1S/C30H29FN4O3S/c1-34(2)24-15-9-21(10-16-24)29(22-11-17-25(18-12-22)35(3)4)32-30(36)27-7-5-6-8-28(27)33-39(37,38)26-19-13-23(31)14-20-26/h5-20,33H,1-4H3. The van der Waals surface area contributed by atoms with Crippen molar-refractivity contribution in [1.29, 1.82) is 0 Å². The first-order valence-corrected chi connectivity index (χ1v) is 13.6. The van der Waals surface area contributed by atoms with E-state index < -0.39 is 21.7 Å². The number of anilines is 3. The van der Waals surface area contributed by atoms with Crippen molar-refractivity contribution in [2.24, 2.45) is 4.99 Å². The third-order valence-corrected chi connectivity index (χ3v) is 7.43. The van der Waals surface area contributed by atoms with Crippen molar-refractivity contribution in [3.05, 3.63) is 120 Å². The second-order valence-corrected chi connectivity index (χ2v) is 10.9. The third kappa shape index (κ3) is 6.50. The molecular formula is C30H29FN4O3S. The maximum atomic E-state index is 13.6. The maximum absolute atomic E-state index is 13.6. The smallest absolute Gasteiger partial charge is 0.279 e. The van der Waals surface area contributed by atoms with Crippen LogP contribution in [-0.4, -0.2) is 48.2 Å². The van der Waals surface area contributed by atoms with Crippen LogP contribution in [0.3, 0.4) is 0 Å². The molecule has 0 aliphatic rings. The molecule has 4 aromatic rings. The van der Waals surface area contributed by atoms with Crippen molar-refractivity contribution in [2.75, 3.05) is 42.7 Å². The number of para-hydroxylation sites is 1. The highest BCUT2D eigenvalue weighted by molar-refractivity contribution is 7.92. The van der Waals surface area contributed by atoms with Crippen LogP contribution in [0.4, 0.5) is 21.5 Å². The number of hydrogen-bond acceptors (Lipinski definition) is 5. The van der Waals surface area contributed by atoms with Crippen LogP contribution in [0.2, 0.25) is 0 Å². The second-order valence-electron chi connectivity index (χ2n) is 9.25. The molecule has 0 unspecified atom stereocenters. The Morgan fingerprint density at radius 1 is 0.718 bits per heavy atom. The van der Waals surface area contributed by atoms with E-state index in [2.05, 4.69) is 9.71 Å². The van der Waals surface area contributed by atoms with E-state index in [1.165, 1.54) is 12.1 Å². The molecule has 9 heteroatoms. The molecule has 1 amide bonds. The molecule has 39 heavy (non-hydrogen) atoms. The van der Waals surface area contributed by atoms with Gasteiger partial charge in [-0.1, -0.05) is 36.4 Å². The van der Waals surface area contributed by atoms with Gasteiger partial charge < -0.3 is 9.80 Å². The average Bonchev–Trinajstić information content (AvgIpc) is 2.92. The SMILES string of the molecule is CN(C)c1ccc(C(=NC(=O)c2ccccc2NS(=O)(=O)c2ccc(F)cc2)c2ccc(N(C)C)cc2)cc1. The van der Waals surface area contributed by atoms with Gasteiger partial charge in [0.15, 0.2) is 0 Å². The minimum absolute atomic E-state index is 0.0702. The van der Waals surface area contributed by atoms with Gasteiger partial charge in [-0.05, 0) is 60.7 Å². The van der Waals surface area contributed by atoms with Crippen LogP contribution < -0.4 is 14.5 Å². The van der Waals surface area contributed by atoms with Crippen molar-refractivity contribution in [1.82, 2.24) is 0 Å². The largest absolute Gasteiger partial charge is 0.378 e. The van der Waals surface area contributed by atoms with E-state index in [9.17, 15) is 17.6 Å². The number of hydrogen-bond donors (Lipinski definition) is 1. The molecule has 0 saturated heterocycles. The van der Waals surface area contributed by atoms with Crippen molar-refractivity contribution >= 4 is 38.7 Å². The lowest BCUT2D eigenvalue weighted by Crippen LogP contribution is -2.16. The molecular weight excluding hydrogens is 515 g/mol. The van der Waals surface area contributed by atoms with Gasteiger partial charge in [0.05, 0.1) is 21.9 Å². The Balaban J connectivity index is 1.75. The number of carbonyl (C=O) groups is 1. The fourth-order valence-electron chi connectivity index (χ4n) is 3.87. The lowest BCUT2D eigenvalue weighted by molar-refractivity contribution is 0.100. The van der Waals surface area contributed by atoms with Crippen LogP contribution in [0.1, 0.15) is 21.5 Å². The van der Waals surface area contributed by atoms with E-state index in [1.54, 1.807) is 12.1 Å². The van der Waals surface area contributed by atoms with Crippen LogP contribution in [0.25, 0.3) is 0 Å². The monoisotopic (exact) mass is 544 g/mol. The number of sulfonamides is 1. The highest BCUT2D eigenvalue weighted by Gasteiger charge is 2.20. The predicted octanol–water partition coefficient (Wildman–Crippen LogP) is 5.44. The van der Waals surface area contributed by atoms with Gasteiger partial charge in [0, 0.05) is 50.7 Å². The van der Waals surface area contributed by atoms with Gasteiger partial charge in [0.2, 0.25) is 0 Å². The van der Waals surface area contributed by atoms with E-state index in [0.717, 1.165) is 46.8 Å². The van der Waals surface area contributed by atoms with Gasteiger partial charge in [-0.15, -0.1) is 0 Å². The molecule has 0 spiro atoms. The Morgan fingerprint density at radius 2 is 1.21 bits per heavy atom. The number of nitrogens with zero attached hydrogens (tertiary/aromatic N) is 3. The highest BCUT2D eigenvalue weighted by Crippen LogP contribution is 2.24. The molecule has 0 fully saturated rings. The Labute approximate surface area is 228 Å². The van der Waals surface area contributed by atoms with Crippen molar-refractivity contribution in [3.8, 4) is 0 Å². The van der Waals surface area contributed by atoms with Crippen molar-refractivity contribution in [3.63, 3.8) is 0 Å². The number of rotatable bonds is 8. The number of benzene rings is 4. The summed E-state index contributed by atoms with van der Waals surface area (Å²) in [7, 11) is 3.70. The van der Waals surface area contributed by atoms with E-state index >= 15 is 0 Å². The molecule has 0 heterocycles. The summed E-state index contributed by atoms with van der Waals surface area (Å²) in [5, 5.41) is 0. The first-order valence-electron chi connectivity index (χ1n) is 12.1. The summed E-state index contributed by atoms with van der Waals surface area (Å²) < 4.78 is 41.6. The average molecular weight is 545 g/mol. The van der Waals surface area contributed by atoms with Crippen LogP contribution in [0.5, 0.6) is 0 Å². The number of halogens is 1. The van der Waals surface area contributed by atoms with Crippen LogP contribution in [-0.2, 0) is 10.0 Å². The van der Waals surface area contributed by atoms with E-state index in [-0.39, 0.29) is 16.1 Å². The molecule has 7 nitrogen and oxygen atoms in total. The zero-order chi connectivity index (χ0) is 28.2. The number of carbonyl (C=O) groups excluding carboxylic acids is 1. The molecule has 4 rings (SSSR count). The van der Waals surface area contributed by atoms with Crippen LogP contribution in [0.15, 0.2) is 107 Å². The van der Waals surface area contributed by atoms with E-state index in [0.29, 0.717) is 5.71 Å². The quantitative estimate of drug-likeness (QED) is 0.299. The summed E-state index contributed by atoms with van der Waals surface area (Å²) in [6, 6.07) is 26.0. The summed E-state index contributed by atoms with van der Waals surface area (Å²) >= 11 is 0. The summed E-state index contributed by atoms with van der Waals surface area (Å²) in [5.41, 5.74) is 4.05. The molecule has 0 aromatic heterocycles. The molecule has 200 valence electrons. The van der Waals surface area contributed by atoms with Crippen molar-refractivity contribution in [2.45, 2.75) is 4.90 Å². The number of amides is 1. The second kappa shape index (κ2) is 11.5. The van der Waals surface area contributed by atoms with Gasteiger partial charge >= 0.3 is 0 Å². The van der Waals surface area contributed by atoms with Crippen LogP contribution >= 0.6 is 0 Å². The molecule has 0 bridgehead atoms. The third-order valence-electron chi connectivity index (χ3n) is 6.05. The summed E-state index contributed by atoms with van der Waals surface area (Å²) in [6.45, 7) is 0. The minimum Gasteiger partial charge on any atom is -0.378 e. The van der Waals surface area contributed by atoms with Gasteiger partial charge in [-0.2, -0.15) is 0 Å². The Bertz CT molecular complexity index is 1540. The first-order chi connectivity index (χ1) is 18.5. The van der Waals surface area contributed by atoms with Gasteiger partial charge in [-0.25, -0.2) is 17.8 Å². The highest BCUT2D eigenvalue weighted by atomic mass is 32.2. The normalized spacial score (nSPS) is 11.0. The van der Waals surface area contributed by atoms with E-state index in [1.807, 2.05) is 86.5 Å². The van der Waals surface area contributed by atoms with Gasteiger partial charge in [0.25, 0.3) is 15.9 Å². The lowest BCUT2D eigenvalue weighted by Gasteiger charge is -2.16. The lowest BCUT2D eigenvalue weighted by atomic mass is 10.0. The zero-order valence-electron chi connectivity index (χ0n) is 22.1. The fourth-order valence-corrected chi connectivity index (χ4v) is 4.95. The molecule has 1 N–H and O–H groups in total. The molecule has 0 saturated carbocycles. The fraction of sp³-hybridized carbons (Fsp3) is 0.133. The Morgan fingerprint density at radius 3 is 1.69 bits per heavy atom. The molecule has 0 aliphatic heterocycles. The molecule has 0 aliphatic carbocycles. The summed E-state index contributed by atoms with van der Waals surface area (Å²) in [5.74, 6) is -1.17. The topological polar surface area (TPSA) is 82.1 Å². The predicted molar refractivity (Wildman–Crippen MR) is 155 cm³/mol. The molecule has 0 atom stereocenters. The molecule has 4 aromatic carbocycles. The number of nitrogens with one attached hydrogen (secondary N) is 1. The Kier molecular flexibility index (Phi) is 8.11. The minimum atomic E-state index is -4.07. The van der Waals surface area contributed by atoms with Gasteiger partial charge in [0.1, 0.15) is 5.82 Å². The van der Waals surface area contributed by atoms with E-state index in [4.69, 9.17) is 0 Å². The number of aliphatic imine (C=N–C) groups is 1. The maximum Gasteiger partial charge on any atom is 0.279 e. The van der Waals surface area contributed by atoms with Gasteiger partial charge in [-0.3, -0.25) is 9.52 Å². The van der Waals surface area contributed by atoms with Crippen LogP contribution in [0, 0.1) is 5.82 Å².